The Hall–Kier alpha value is 0.680. The highest BCUT2D eigenvalue weighted by Gasteiger charge is 1.93. The molecular formula is C16H36ClOP. The van der Waals surface area contributed by atoms with Crippen molar-refractivity contribution in [3.8, 4) is 0 Å². The number of aliphatic hydroxyl groups excluding tert-OH is 1. The Balaban J connectivity index is 0. The number of hydrogen-bond donors (Lipinski definition) is 1. The molecule has 0 aromatic heterocycles. The van der Waals surface area contributed by atoms with E-state index >= 15 is 0 Å². The van der Waals surface area contributed by atoms with Crippen molar-refractivity contribution in [1.29, 1.82) is 0 Å². The molecule has 0 saturated carbocycles. The highest BCUT2D eigenvalue weighted by Crippen LogP contribution is 2.15. The number of rotatable bonds is 15. The predicted octanol–water partition coefficient (Wildman–Crippen LogP) is 5.78. The first-order valence-electron chi connectivity index (χ1n) is 8.23. The van der Waals surface area contributed by atoms with Gasteiger partial charge in [-0.2, -0.15) is 0 Å². The number of hydrogen-bond acceptors (Lipinski definition) is 1. The van der Waals surface area contributed by atoms with Crippen molar-refractivity contribution in [2.45, 2.75) is 84.0 Å². The van der Waals surface area contributed by atoms with Crippen molar-refractivity contribution < 1.29 is 5.11 Å². The highest BCUT2D eigenvalue weighted by atomic mass is 35.5. The summed E-state index contributed by atoms with van der Waals surface area (Å²) >= 11 is 0. The summed E-state index contributed by atoms with van der Waals surface area (Å²) in [6.07, 6.45) is 19.6. The molecule has 0 bridgehead atoms. The fourth-order valence-corrected chi connectivity index (χ4v) is 3.20. The van der Waals surface area contributed by atoms with Gasteiger partial charge in [-0.3, -0.25) is 0 Å². The molecule has 3 heteroatoms. The van der Waals surface area contributed by atoms with E-state index in [0.717, 1.165) is 14.7 Å². The molecule has 0 rings (SSSR count). The first kappa shape index (κ1) is 22.0. The van der Waals surface area contributed by atoms with E-state index < -0.39 is 0 Å². The van der Waals surface area contributed by atoms with Crippen molar-refractivity contribution in [1.82, 2.24) is 0 Å². The van der Waals surface area contributed by atoms with Gasteiger partial charge in [0.05, 0.1) is 0 Å². The SMILES string of the molecule is CCCCCCCCCCCCCCPCCO.Cl. The van der Waals surface area contributed by atoms with Gasteiger partial charge in [-0.05, 0) is 18.7 Å². The van der Waals surface area contributed by atoms with E-state index in [-0.39, 0.29) is 12.4 Å². The lowest BCUT2D eigenvalue weighted by molar-refractivity contribution is 0.322. The fourth-order valence-electron chi connectivity index (χ4n) is 2.30. The van der Waals surface area contributed by atoms with Gasteiger partial charge in [-0.1, -0.05) is 77.6 Å². The van der Waals surface area contributed by atoms with Crippen molar-refractivity contribution in [3.63, 3.8) is 0 Å². The van der Waals surface area contributed by atoms with Crippen LogP contribution in [0.4, 0.5) is 0 Å². The third kappa shape index (κ3) is 21.1. The smallest absolute Gasteiger partial charge is 0.0467 e. The van der Waals surface area contributed by atoms with Gasteiger partial charge in [0.1, 0.15) is 0 Å². The second-order valence-corrected chi connectivity index (χ2v) is 6.86. The summed E-state index contributed by atoms with van der Waals surface area (Å²) in [6.45, 7) is 2.67. The monoisotopic (exact) mass is 310 g/mol. The maximum atomic E-state index is 8.66. The van der Waals surface area contributed by atoms with Crippen LogP contribution in [-0.2, 0) is 0 Å². The van der Waals surface area contributed by atoms with Gasteiger partial charge in [0.15, 0.2) is 0 Å². The zero-order valence-electron chi connectivity index (χ0n) is 13.0. The molecule has 1 N–H and O–H groups in total. The molecule has 0 heterocycles. The van der Waals surface area contributed by atoms with Gasteiger partial charge in [-0.15, -0.1) is 21.0 Å². The second kappa shape index (κ2) is 21.0. The molecule has 0 saturated heterocycles. The topological polar surface area (TPSA) is 20.2 Å². The standard InChI is InChI=1S/C16H35OP.ClH/c1-2-3-4-5-6-7-8-9-10-11-12-13-15-18-16-14-17;/h17-18H,2-16H2,1H3;1H. The van der Waals surface area contributed by atoms with Crippen LogP contribution >= 0.6 is 21.0 Å². The van der Waals surface area contributed by atoms with Crippen LogP contribution in [0, 0.1) is 0 Å². The summed E-state index contributed by atoms with van der Waals surface area (Å²) < 4.78 is 0. The Morgan fingerprint density at radius 3 is 1.47 bits per heavy atom. The maximum Gasteiger partial charge on any atom is 0.0467 e. The normalized spacial score (nSPS) is 11.1. The number of unbranched alkanes of at least 4 members (excludes halogenated alkanes) is 11. The third-order valence-corrected chi connectivity index (χ3v) is 4.78. The molecule has 0 aromatic carbocycles. The maximum absolute atomic E-state index is 8.66. The van der Waals surface area contributed by atoms with Gasteiger partial charge in [0.2, 0.25) is 0 Å². The molecule has 0 aliphatic rings. The van der Waals surface area contributed by atoms with E-state index in [2.05, 4.69) is 6.92 Å². The molecule has 1 nitrogen and oxygen atoms in total. The minimum absolute atomic E-state index is 0. The van der Waals surface area contributed by atoms with Crippen LogP contribution in [0.15, 0.2) is 0 Å². The van der Waals surface area contributed by atoms with E-state index in [4.69, 9.17) is 5.11 Å². The second-order valence-electron chi connectivity index (χ2n) is 5.36. The average Bonchev–Trinajstić information content (AvgIpc) is 2.39. The fraction of sp³-hybridized carbons (Fsp3) is 1.00. The first-order valence-corrected chi connectivity index (χ1v) is 9.64. The van der Waals surface area contributed by atoms with Gasteiger partial charge in [0, 0.05) is 6.61 Å². The van der Waals surface area contributed by atoms with Crippen molar-refractivity contribution in [2.24, 2.45) is 0 Å². The summed E-state index contributed by atoms with van der Waals surface area (Å²) in [6, 6.07) is 0. The van der Waals surface area contributed by atoms with Crippen LogP contribution in [-0.4, -0.2) is 24.0 Å². The van der Waals surface area contributed by atoms with E-state index in [1.807, 2.05) is 0 Å². The van der Waals surface area contributed by atoms with E-state index in [0.29, 0.717) is 6.61 Å². The summed E-state index contributed by atoms with van der Waals surface area (Å²) in [5.41, 5.74) is 0. The first-order chi connectivity index (χ1) is 8.91. The predicted molar refractivity (Wildman–Crippen MR) is 93.5 cm³/mol. The lowest BCUT2D eigenvalue weighted by Crippen LogP contribution is -1.87. The zero-order valence-corrected chi connectivity index (χ0v) is 14.8. The quantitative estimate of drug-likeness (QED) is 0.300. The number of aliphatic hydroxyl groups is 1. The van der Waals surface area contributed by atoms with Gasteiger partial charge >= 0.3 is 0 Å². The van der Waals surface area contributed by atoms with Gasteiger partial charge in [-0.25, -0.2) is 0 Å². The Labute approximate surface area is 129 Å². The molecule has 0 aliphatic carbocycles. The van der Waals surface area contributed by atoms with Crippen LogP contribution in [0.1, 0.15) is 84.0 Å². The molecule has 19 heavy (non-hydrogen) atoms. The zero-order chi connectivity index (χ0) is 13.3. The molecule has 0 aliphatic heterocycles. The third-order valence-electron chi connectivity index (χ3n) is 3.50. The Morgan fingerprint density at radius 2 is 1.05 bits per heavy atom. The van der Waals surface area contributed by atoms with Gasteiger partial charge in [0.25, 0.3) is 0 Å². The summed E-state index contributed by atoms with van der Waals surface area (Å²) in [5.74, 6) is 0. The van der Waals surface area contributed by atoms with E-state index in [1.165, 1.54) is 83.2 Å². The Kier molecular flexibility index (Phi) is 24.3. The lowest BCUT2D eigenvalue weighted by Gasteiger charge is -2.03. The molecule has 1 unspecified atom stereocenters. The van der Waals surface area contributed by atoms with Crippen LogP contribution in [0.25, 0.3) is 0 Å². The minimum atomic E-state index is 0. The van der Waals surface area contributed by atoms with Crippen molar-refractivity contribution in [3.05, 3.63) is 0 Å². The van der Waals surface area contributed by atoms with E-state index in [9.17, 15) is 0 Å². The van der Waals surface area contributed by atoms with Crippen LogP contribution in [0.2, 0.25) is 0 Å². The largest absolute Gasteiger partial charge is 0.396 e. The van der Waals surface area contributed by atoms with Gasteiger partial charge < -0.3 is 5.11 Å². The molecule has 0 spiro atoms. The molecule has 0 fully saturated rings. The molecule has 1 atom stereocenters. The molecule has 0 aromatic rings. The van der Waals surface area contributed by atoms with E-state index in [1.54, 1.807) is 0 Å². The number of halogens is 1. The molecular weight excluding hydrogens is 275 g/mol. The van der Waals surface area contributed by atoms with Crippen LogP contribution < -0.4 is 0 Å². The molecule has 0 radical (unpaired) electrons. The molecule has 0 amide bonds. The Morgan fingerprint density at radius 1 is 0.632 bits per heavy atom. The summed E-state index contributed by atoms with van der Waals surface area (Å²) in [4.78, 5) is 0. The average molecular weight is 311 g/mol. The van der Waals surface area contributed by atoms with Crippen LogP contribution in [0.5, 0.6) is 0 Å². The molecule has 118 valence electrons. The van der Waals surface area contributed by atoms with Crippen LogP contribution in [0.3, 0.4) is 0 Å². The Bertz CT molecular complexity index is 129. The van der Waals surface area contributed by atoms with Crippen molar-refractivity contribution in [2.75, 3.05) is 18.9 Å². The lowest BCUT2D eigenvalue weighted by atomic mass is 10.1. The van der Waals surface area contributed by atoms with Crippen molar-refractivity contribution >= 4 is 21.0 Å². The minimum Gasteiger partial charge on any atom is -0.396 e. The summed E-state index contributed by atoms with van der Waals surface area (Å²) in [5, 5.41) is 8.66. The summed E-state index contributed by atoms with van der Waals surface area (Å²) in [7, 11) is 0.994. The highest BCUT2D eigenvalue weighted by molar-refractivity contribution is 7.37.